The summed E-state index contributed by atoms with van der Waals surface area (Å²) < 4.78 is 0. The molecule has 0 atom stereocenters. The largest absolute Gasteiger partial charge is 0.512 e. The van der Waals surface area contributed by atoms with E-state index in [4.69, 9.17) is 4.98 Å². The molecular weight excluding hydrogens is 743 g/mol. The van der Waals surface area contributed by atoms with E-state index in [1.165, 1.54) is 55.8 Å². The van der Waals surface area contributed by atoms with E-state index >= 15 is 0 Å². The van der Waals surface area contributed by atoms with E-state index in [0.29, 0.717) is 30.6 Å². The molecule has 5 rings (SSSR count). The Bertz CT molecular complexity index is 1710. The molecule has 0 spiro atoms. The van der Waals surface area contributed by atoms with Crippen molar-refractivity contribution in [2.24, 2.45) is 23.2 Å². The van der Waals surface area contributed by atoms with Crippen molar-refractivity contribution in [2.45, 2.75) is 94.9 Å². The maximum Gasteiger partial charge on any atom is 0.159 e. The molecule has 4 aromatic rings. The van der Waals surface area contributed by atoms with Gasteiger partial charge in [0.25, 0.3) is 0 Å². The fourth-order valence-corrected chi connectivity index (χ4v) is 6.27. The fourth-order valence-electron chi connectivity index (χ4n) is 6.27. The molecule has 0 unspecified atom stereocenters. The zero-order chi connectivity index (χ0) is 33.1. The second-order valence-electron chi connectivity index (χ2n) is 15.4. The summed E-state index contributed by atoms with van der Waals surface area (Å²) >= 11 is 0. The van der Waals surface area contributed by atoms with Crippen LogP contribution in [-0.4, -0.2) is 15.9 Å². The molecule has 1 aromatic heterocycles. The number of aryl methyl sites for hydroxylation is 1. The van der Waals surface area contributed by atoms with Crippen LogP contribution in [0.4, 0.5) is 0 Å². The van der Waals surface area contributed by atoms with Crippen molar-refractivity contribution in [3.63, 3.8) is 0 Å². The quantitative estimate of drug-likeness (QED) is 0.0967. The Labute approximate surface area is 291 Å². The molecule has 0 amide bonds. The molecule has 4 heteroatoms. The number of ketones is 1. The van der Waals surface area contributed by atoms with E-state index in [9.17, 15) is 9.90 Å². The van der Waals surface area contributed by atoms with Crippen LogP contribution in [0.1, 0.15) is 91.8 Å². The number of allylic oxidation sites excluding steroid dienone is 2. The molecule has 247 valence electrons. The van der Waals surface area contributed by atoms with Gasteiger partial charge in [-0.15, -0.1) is 29.3 Å². The van der Waals surface area contributed by atoms with Crippen molar-refractivity contribution in [3.05, 3.63) is 89.3 Å². The SMILES string of the molecule is CC(C)CC(=O)/C=C(\O)CC(C)C.Cc1ccc2c(c1)-c1cc(CC(C)C)c[c-]c1-c1nccc3cc(CC(C)(C)C)cc-2c13.[Ir]. The normalized spacial score (nSPS) is 12.3. The van der Waals surface area contributed by atoms with Crippen LogP contribution in [0.2, 0.25) is 0 Å². The Hall–Kier alpha value is -3.07. The van der Waals surface area contributed by atoms with Crippen molar-refractivity contribution in [1.82, 2.24) is 4.98 Å². The van der Waals surface area contributed by atoms with Gasteiger partial charge in [0.05, 0.1) is 5.76 Å². The van der Waals surface area contributed by atoms with Gasteiger partial charge in [-0.3, -0.25) is 4.79 Å². The number of carbonyl (C=O) groups excluding carboxylic acids is 1. The van der Waals surface area contributed by atoms with Gasteiger partial charge >= 0.3 is 0 Å². The molecule has 0 saturated carbocycles. The summed E-state index contributed by atoms with van der Waals surface area (Å²) in [4.78, 5) is 16.1. The molecule has 1 aliphatic carbocycles. The van der Waals surface area contributed by atoms with Gasteiger partial charge in [0.15, 0.2) is 5.78 Å². The molecule has 0 aliphatic heterocycles. The summed E-state index contributed by atoms with van der Waals surface area (Å²) in [6, 6.07) is 22.0. The summed E-state index contributed by atoms with van der Waals surface area (Å²) in [5.74, 6) is 1.59. The zero-order valence-corrected chi connectivity index (χ0v) is 31.9. The predicted octanol–water partition coefficient (Wildman–Crippen LogP) is 11.5. The number of rotatable bonds is 8. The average Bonchev–Trinajstić information content (AvgIpc) is 3.00. The van der Waals surface area contributed by atoms with E-state index < -0.39 is 0 Å². The Morgan fingerprint density at radius 2 is 1.52 bits per heavy atom. The molecule has 3 aromatic carbocycles. The number of hydrogen-bond donors (Lipinski definition) is 1. The Balaban J connectivity index is 0.000000352. The molecule has 1 aliphatic rings. The molecule has 0 bridgehead atoms. The molecule has 1 radical (unpaired) electrons. The van der Waals surface area contributed by atoms with Crippen molar-refractivity contribution in [3.8, 4) is 33.5 Å². The first-order valence-electron chi connectivity index (χ1n) is 16.6. The van der Waals surface area contributed by atoms with Crippen molar-refractivity contribution >= 4 is 16.6 Å². The Kier molecular flexibility index (Phi) is 12.7. The number of aliphatic hydroxyl groups is 1. The average molecular weight is 795 g/mol. The van der Waals surface area contributed by atoms with Gasteiger partial charge in [-0.05, 0) is 69.8 Å². The van der Waals surface area contributed by atoms with Crippen molar-refractivity contribution < 1.29 is 30.0 Å². The molecule has 1 N–H and O–H groups in total. The number of hydrogen-bond acceptors (Lipinski definition) is 3. The molecule has 3 nitrogen and oxygen atoms in total. The molecule has 46 heavy (non-hydrogen) atoms. The third kappa shape index (κ3) is 9.72. The van der Waals surface area contributed by atoms with E-state index in [0.717, 1.165) is 24.1 Å². The van der Waals surface area contributed by atoms with Gasteiger partial charge in [0.2, 0.25) is 0 Å². The van der Waals surface area contributed by atoms with Gasteiger partial charge < -0.3 is 10.1 Å². The van der Waals surface area contributed by atoms with Crippen molar-refractivity contribution in [2.75, 3.05) is 0 Å². The number of benzene rings is 3. The summed E-state index contributed by atoms with van der Waals surface area (Å²) in [5, 5.41) is 11.9. The summed E-state index contributed by atoms with van der Waals surface area (Å²) in [5.41, 5.74) is 11.6. The van der Waals surface area contributed by atoms with E-state index in [2.05, 4.69) is 96.1 Å². The monoisotopic (exact) mass is 795 g/mol. The third-order valence-corrected chi connectivity index (χ3v) is 7.85. The van der Waals surface area contributed by atoms with Gasteiger partial charge in [-0.1, -0.05) is 122 Å². The van der Waals surface area contributed by atoms with Crippen LogP contribution in [-0.2, 0) is 37.7 Å². The maximum absolute atomic E-state index is 11.2. The van der Waals surface area contributed by atoms with Gasteiger partial charge in [-0.25, -0.2) is 0 Å². The number of fused-ring (bicyclic) bond motifs is 5. The summed E-state index contributed by atoms with van der Waals surface area (Å²) in [6.07, 6.45) is 6.53. The van der Waals surface area contributed by atoms with Crippen LogP contribution >= 0.6 is 0 Å². The number of nitrogens with zero attached hydrogens (tertiary/aromatic N) is 1. The van der Waals surface area contributed by atoms with Crippen LogP contribution in [0.15, 0.2) is 66.6 Å². The van der Waals surface area contributed by atoms with Gasteiger partial charge in [0.1, 0.15) is 0 Å². The minimum Gasteiger partial charge on any atom is -0.512 e. The van der Waals surface area contributed by atoms with Crippen LogP contribution in [0.5, 0.6) is 0 Å². The topological polar surface area (TPSA) is 50.2 Å². The number of carbonyl (C=O) groups is 1. The minimum atomic E-state index is 0. The molecule has 0 fully saturated rings. The number of aromatic nitrogens is 1. The summed E-state index contributed by atoms with van der Waals surface area (Å²) in [7, 11) is 0. The van der Waals surface area contributed by atoms with Crippen LogP contribution in [0.3, 0.4) is 0 Å². The fraction of sp³-hybridized carbons (Fsp3) is 0.429. The van der Waals surface area contributed by atoms with Crippen LogP contribution < -0.4 is 0 Å². The van der Waals surface area contributed by atoms with E-state index in [-0.39, 0.29) is 37.1 Å². The van der Waals surface area contributed by atoms with Crippen LogP contribution in [0, 0.1) is 36.2 Å². The Morgan fingerprint density at radius 1 is 0.848 bits per heavy atom. The second-order valence-corrected chi connectivity index (χ2v) is 15.4. The van der Waals surface area contributed by atoms with Gasteiger partial charge in [-0.2, -0.15) is 0 Å². The van der Waals surface area contributed by atoms with E-state index in [1.807, 2.05) is 33.9 Å². The second kappa shape index (κ2) is 15.7. The smallest absolute Gasteiger partial charge is 0.159 e. The number of pyridine rings is 1. The van der Waals surface area contributed by atoms with Crippen molar-refractivity contribution in [1.29, 1.82) is 0 Å². The number of aliphatic hydroxyl groups excluding tert-OH is 1. The molecular formula is C42H52IrNO2-. The third-order valence-electron chi connectivity index (χ3n) is 7.85. The predicted molar refractivity (Wildman–Crippen MR) is 192 cm³/mol. The minimum absolute atomic E-state index is 0. The first-order valence-corrected chi connectivity index (χ1v) is 16.6. The first-order chi connectivity index (χ1) is 21.1. The van der Waals surface area contributed by atoms with Crippen LogP contribution in [0.25, 0.3) is 44.3 Å². The standard InChI is InChI=1S/C31H32N.C11H20O2.Ir/c1-19(2)13-21-8-10-25-27(16-21)26-14-20(3)7-9-24(26)28-17-22(18-31(4,5)6)15-23-11-12-32-30(25)29(23)28;1-8(2)5-10(12)7-11(13)6-9(3)4;/h7-9,11-12,14-17,19H,13,18H2,1-6H3;7-9,12H,5-6H2,1-4H3;/q-1;;/b;10-7-;. The molecule has 1 heterocycles. The van der Waals surface area contributed by atoms with E-state index in [1.54, 1.807) is 0 Å². The maximum atomic E-state index is 11.2. The first kappa shape index (κ1) is 37.4. The Morgan fingerprint density at radius 3 is 2.15 bits per heavy atom. The zero-order valence-electron chi connectivity index (χ0n) is 29.5. The summed E-state index contributed by atoms with van der Waals surface area (Å²) in [6.45, 7) is 21.7. The van der Waals surface area contributed by atoms with Gasteiger partial charge in [0, 0.05) is 45.2 Å². The molecule has 0 saturated heterocycles.